The highest BCUT2D eigenvalue weighted by Crippen LogP contribution is 2.10. The van der Waals surface area contributed by atoms with Gasteiger partial charge < -0.3 is 20.6 Å². The Morgan fingerprint density at radius 3 is 2.64 bits per heavy atom. The number of hydrogen-bond acceptors (Lipinski definition) is 4. The summed E-state index contributed by atoms with van der Waals surface area (Å²) in [5.41, 5.74) is 1.72. The van der Waals surface area contributed by atoms with E-state index in [2.05, 4.69) is 10.6 Å². The van der Waals surface area contributed by atoms with Crippen LogP contribution in [0.3, 0.4) is 0 Å². The molecule has 1 unspecified atom stereocenters. The second-order valence-corrected chi connectivity index (χ2v) is 5.62. The molecule has 0 radical (unpaired) electrons. The Balaban J connectivity index is 2.45. The Labute approximate surface area is 131 Å². The van der Waals surface area contributed by atoms with Crippen LogP contribution in [-0.2, 0) is 9.59 Å². The number of benzene rings is 1. The number of aliphatic carboxylic acids is 1. The van der Waals surface area contributed by atoms with Gasteiger partial charge in [0.2, 0.25) is 5.91 Å². The van der Waals surface area contributed by atoms with Gasteiger partial charge in [-0.1, -0.05) is 12.1 Å². The molecule has 0 fully saturated rings. The van der Waals surface area contributed by atoms with Gasteiger partial charge in [0.15, 0.2) is 0 Å². The molecule has 0 aliphatic rings. The number of aryl methyl sites for hydroxylation is 1. The second kappa shape index (κ2) is 9.17. The number of amides is 1. The zero-order chi connectivity index (χ0) is 16.5. The maximum atomic E-state index is 12.0. The Hall–Kier alpha value is -1.92. The van der Waals surface area contributed by atoms with E-state index in [0.717, 1.165) is 18.5 Å². The Bertz CT molecular complexity index is 503. The highest BCUT2D eigenvalue weighted by molar-refractivity contribution is 5.94. The predicted octanol–water partition coefficient (Wildman–Crippen LogP) is 1.32. The molecular weight excluding hydrogens is 282 g/mol. The molecule has 0 saturated carbocycles. The van der Waals surface area contributed by atoms with E-state index in [4.69, 9.17) is 0 Å². The van der Waals surface area contributed by atoms with Gasteiger partial charge in [-0.3, -0.25) is 9.59 Å². The number of anilines is 1. The number of hydrogen-bond donors (Lipinski definition) is 3. The lowest BCUT2D eigenvalue weighted by Crippen LogP contribution is -2.40. The van der Waals surface area contributed by atoms with Crippen molar-refractivity contribution in [2.75, 3.05) is 32.5 Å². The van der Waals surface area contributed by atoms with Crippen LogP contribution in [0.5, 0.6) is 0 Å². The summed E-state index contributed by atoms with van der Waals surface area (Å²) >= 11 is 0. The summed E-state index contributed by atoms with van der Waals surface area (Å²) in [5.74, 6) is -1.32. The van der Waals surface area contributed by atoms with Gasteiger partial charge in [0.05, 0.1) is 6.42 Å². The largest absolute Gasteiger partial charge is 0.480 e. The van der Waals surface area contributed by atoms with Gasteiger partial charge >= 0.3 is 5.97 Å². The summed E-state index contributed by atoms with van der Waals surface area (Å²) < 4.78 is 0. The minimum atomic E-state index is -1.01. The fraction of sp³-hybridized carbons (Fsp3) is 0.500. The quantitative estimate of drug-likeness (QED) is 0.599. The number of nitrogens with one attached hydrogen (secondary N) is 2. The molecule has 0 aliphatic carbocycles. The molecule has 1 aromatic carbocycles. The Morgan fingerprint density at radius 2 is 2.05 bits per heavy atom. The average Bonchev–Trinajstić information content (AvgIpc) is 2.41. The van der Waals surface area contributed by atoms with Gasteiger partial charge in [0.25, 0.3) is 0 Å². The molecule has 1 aromatic rings. The van der Waals surface area contributed by atoms with Crippen LogP contribution in [0.1, 0.15) is 18.4 Å². The number of nitrogens with zero attached hydrogens (tertiary/aromatic N) is 1. The van der Waals surface area contributed by atoms with Gasteiger partial charge in [-0.25, -0.2) is 0 Å². The van der Waals surface area contributed by atoms with Gasteiger partial charge in [0.1, 0.15) is 6.04 Å². The average molecular weight is 307 g/mol. The zero-order valence-corrected chi connectivity index (χ0v) is 13.4. The van der Waals surface area contributed by atoms with E-state index in [0.29, 0.717) is 12.2 Å². The first-order valence-corrected chi connectivity index (χ1v) is 7.36. The van der Waals surface area contributed by atoms with Crippen molar-refractivity contribution in [1.82, 2.24) is 10.2 Å². The normalized spacial score (nSPS) is 12.2. The van der Waals surface area contributed by atoms with E-state index < -0.39 is 12.0 Å². The molecule has 1 amide bonds. The number of carbonyl (C=O) groups is 2. The van der Waals surface area contributed by atoms with Crippen molar-refractivity contribution in [1.29, 1.82) is 0 Å². The van der Waals surface area contributed by atoms with Crippen molar-refractivity contribution in [3.05, 3.63) is 29.8 Å². The standard InChI is InChI=1S/C16H25N3O3/c1-12-6-4-7-13(10-12)18-15(20)11-14(16(21)22)17-8-5-9-19(2)3/h4,6-7,10,14,17H,5,8-9,11H2,1-3H3,(H,18,20)(H,21,22). The predicted molar refractivity (Wildman–Crippen MR) is 87.0 cm³/mol. The van der Waals surface area contributed by atoms with Crippen molar-refractivity contribution in [2.45, 2.75) is 25.8 Å². The smallest absolute Gasteiger partial charge is 0.321 e. The monoisotopic (exact) mass is 307 g/mol. The van der Waals surface area contributed by atoms with Crippen LogP contribution < -0.4 is 10.6 Å². The molecule has 3 N–H and O–H groups in total. The van der Waals surface area contributed by atoms with Gasteiger partial charge in [-0.2, -0.15) is 0 Å². The summed E-state index contributed by atoms with van der Waals surface area (Å²) in [6, 6.07) is 6.54. The molecule has 0 aromatic heterocycles. The number of carboxylic acids is 1. The van der Waals surface area contributed by atoms with Crippen LogP contribution in [0.15, 0.2) is 24.3 Å². The van der Waals surface area contributed by atoms with Crippen LogP contribution in [0.4, 0.5) is 5.69 Å². The van der Waals surface area contributed by atoms with Crippen molar-refractivity contribution in [2.24, 2.45) is 0 Å². The van der Waals surface area contributed by atoms with Crippen molar-refractivity contribution in [3.63, 3.8) is 0 Å². The van der Waals surface area contributed by atoms with Gasteiger partial charge in [0, 0.05) is 5.69 Å². The van der Waals surface area contributed by atoms with Crippen molar-refractivity contribution in [3.8, 4) is 0 Å². The molecule has 22 heavy (non-hydrogen) atoms. The molecule has 122 valence electrons. The van der Waals surface area contributed by atoms with E-state index in [1.807, 2.05) is 44.1 Å². The van der Waals surface area contributed by atoms with Gasteiger partial charge in [-0.05, 0) is 58.2 Å². The summed E-state index contributed by atoms with van der Waals surface area (Å²) in [5, 5.41) is 14.8. The topological polar surface area (TPSA) is 81.7 Å². The molecule has 0 aliphatic heterocycles. The highest BCUT2D eigenvalue weighted by atomic mass is 16.4. The molecule has 0 saturated heterocycles. The lowest BCUT2D eigenvalue weighted by molar-refractivity contribution is -0.141. The summed E-state index contributed by atoms with van der Waals surface area (Å²) in [6.45, 7) is 3.36. The van der Waals surface area contributed by atoms with Crippen LogP contribution in [-0.4, -0.2) is 55.1 Å². The molecule has 6 heteroatoms. The fourth-order valence-corrected chi connectivity index (χ4v) is 2.04. The minimum Gasteiger partial charge on any atom is -0.480 e. The number of carbonyl (C=O) groups excluding carboxylic acids is 1. The number of carboxylic acid groups (broad SMARTS) is 1. The lowest BCUT2D eigenvalue weighted by atomic mass is 10.1. The van der Waals surface area contributed by atoms with E-state index >= 15 is 0 Å². The third-order valence-electron chi connectivity index (χ3n) is 3.16. The SMILES string of the molecule is Cc1cccc(NC(=O)CC(NCCCN(C)C)C(=O)O)c1. The fourth-order valence-electron chi connectivity index (χ4n) is 2.04. The Morgan fingerprint density at radius 1 is 1.32 bits per heavy atom. The first-order chi connectivity index (χ1) is 10.4. The van der Waals surface area contributed by atoms with Crippen LogP contribution >= 0.6 is 0 Å². The molecule has 0 bridgehead atoms. The van der Waals surface area contributed by atoms with Crippen LogP contribution in [0, 0.1) is 6.92 Å². The van der Waals surface area contributed by atoms with Gasteiger partial charge in [-0.15, -0.1) is 0 Å². The molecule has 1 rings (SSSR count). The Kier molecular flexibility index (Phi) is 7.56. The van der Waals surface area contributed by atoms with E-state index in [9.17, 15) is 14.7 Å². The summed E-state index contributed by atoms with van der Waals surface area (Å²) in [6.07, 6.45) is 0.738. The van der Waals surface area contributed by atoms with Crippen LogP contribution in [0.2, 0.25) is 0 Å². The van der Waals surface area contributed by atoms with Crippen molar-refractivity contribution < 1.29 is 14.7 Å². The maximum absolute atomic E-state index is 12.0. The van der Waals surface area contributed by atoms with E-state index in [1.165, 1.54) is 0 Å². The first-order valence-electron chi connectivity index (χ1n) is 7.36. The van der Waals surface area contributed by atoms with E-state index in [1.54, 1.807) is 6.07 Å². The highest BCUT2D eigenvalue weighted by Gasteiger charge is 2.20. The molecule has 1 atom stereocenters. The molecular formula is C16H25N3O3. The molecule has 0 heterocycles. The maximum Gasteiger partial charge on any atom is 0.321 e. The second-order valence-electron chi connectivity index (χ2n) is 5.62. The molecule has 6 nitrogen and oxygen atoms in total. The van der Waals surface area contributed by atoms with Crippen molar-refractivity contribution >= 4 is 17.6 Å². The lowest BCUT2D eigenvalue weighted by Gasteiger charge is -2.15. The number of rotatable bonds is 9. The summed E-state index contributed by atoms with van der Waals surface area (Å²) in [4.78, 5) is 25.2. The van der Waals surface area contributed by atoms with Crippen LogP contribution in [0.25, 0.3) is 0 Å². The minimum absolute atomic E-state index is 0.0920. The summed E-state index contributed by atoms with van der Waals surface area (Å²) in [7, 11) is 3.92. The zero-order valence-electron chi connectivity index (χ0n) is 13.4. The van der Waals surface area contributed by atoms with E-state index in [-0.39, 0.29) is 12.3 Å². The third-order valence-corrected chi connectivity index (χ3v) is 3.16. The molecule has 0 spiro atoms. The third kappa shape index (κ3) is 7.19. The first kappa shape index (κ1) is 18.1.